The lowest BCUT2D eigenvalue weighted by molar-refractivity contribution is 0.0939. The maximum absolute atomic E-state index is 12.4. The molecule has 28 heavy (non-hydrogen) atoms. The van der Waals surface area contributed by atoms with E-state index in [0.717, 1.165) is 43.1 Å². The van der Waals surface area contributed by atoms with Crippen LogP contribution in [-0.4, -0.2) is 50.7 Å². The average Bonchev–Trinajstić information content (AvgIpc) is 3.36. The minimum absolute atomic E-state index is 0.196. The van der Waals surface area contributed by atoms with E-state index < -0.39 is 0 Å². The Hall–Kier alpha value is -3.29. The highest BCUT2D eigenvalue weighted by atomic mass is 16.2. The van der Waals surface area contributed by atoms with E-state index in [4.69, 9.17) is 0 Å². The second kappa shape index (κ2) is 7.03. The van der Waals surface area contributed by atoms with Gasteiger partial charge >= 0.3 is 0 Å². The molecule has 3 heterocycles. The van der Waals surface area contributed by atoms with Crippen LogP contribution in [0.4, 0.5) is 5.82 Å². The van der Waals surface area contributed by atoms with Gasteiger partial charge in [0.05, 0.1) is 17.6 Å². The molecule has 1 amide bonds. The number of amides is 1. The smallest absolute Gasteiger partial charge is 0.273 e. The number of hydrogen-bond donors (Lipinski definition) is 1. The van der Waals surface area contributed by atoms with Crippen molar-refractivity contribution in [1.82, 2.24) is 30.5 Å². The molecule has 0 bridgehead atoms. The number of carbonyl (C=O) groups is 1. The number of aryl methyl sites for hydroxylation is 2. The van der Waals surface area contributed by atoms with Crippen molar-refractivity contribution in [2.75, 3.05) is 24.5 Å². The molecule has 0 spiro atoms. The van der Waals surface area contributed by atoms with Gasteiger partial charge in [-0.1, -0.05) is 18.2 Å². The molecule has 1 saturated heterocycles. The summed E-state index contributed by atoms with van der Waals surface area (Å²) >= 11 is 0. The van der Waals surface area contributed by atoms with Gasteiger partial charge in [0.1, 0.15) is 0 Å². The van der Waals surface area contributed by atoms with Gasteiger partial charge in [0.15, 0.2) is 11.5 Å². The monoisotopic (exact) mass is 375 g/mol. The third-order valence-corrected chi connectivity index (χ3v) is 5.35. The maximum Gasteiger partial charge on any atom is 0.273 e. The summed E-state index contributed by atoms with van der Waals surface area (Å²) in [6, 6.07) is 11.7. The summed E-state index contributed by atoms with van der Waals surface area (Å²) in [6.07, 6.45) is 4.83. The quantitative estimate of drug-likeness (QED) is 0.725. The third-order valence-electron chi connectivity index (χ3n) is 5.35. The summed E-state index contributed by atoms with van der Waals surface area (Å²) in [6.45, 7) is 2.38. The minimum atomic E-state index is -0.196. The molecule has 1 aliphatic carbocycles. The van der Waals surface area contributed by atoms with Crippen molar-refractivity contribution in [1.29, 1.82) is 0 Å². The molecule has 0 radical (unpaired) electrons. The number of benzene rings is 1. The maximum atomic E-state index is 12.4. The van der Waals surface area contributed by atoms with Crippen molar-refractivity contribution in [3.63, 3.8) is 0 Å². The molecule has 142 valence electrons. The van der Waals surface area contributed by atoms with E-state index in [2.05, 4.69) is 36.7 Å². The standard InChI is InChI=1S/C20H21N7O/c28-20(18-11-22-27(25-18)16-6-2-1-3-7-16)21-10-14-12-26(13-14)19-9-15-5-4-8-17(15)23-24-19/h1-3,6-7,9,11,14H,4-5,8,10,12-13H2,(H,21,28). The largest absolute Gasteiger partial charge is 0.354 e. The van der Waals surface area contributed by atoms with E-state index in [-0.39, 0.29) is 5.91 Å². The molecule has 1 fully saturated rings. The lowest BCUT2D eigenvalue weighted by Crippen LogP contribution is -2.52. The highest BCUT2D eigenvalue weighted by molar-refractivity contribution is 5.91. The molecule has 2 aromatic heterocycles. The van der Waals surface area contributed by atoms with Crippen LogP contribution < -0.4 is 10.2 Å². The van der Waals surface area contributed by atoms with Crippen molar-refractivity contribution in [2.45, 2.75) is 19.3 Å². The fourth-order valence-corrected chi connectivity index (χ4v) is 3.74. The zero-order valence-corrected chi connectivity index (χ0v) is 15.5. The topological polar surface area (TPSA) is 88.8 Å². The Kier molecular flexibility index (Phi) is 4.23. The van der Waals surface area contributed by atoms with Crippen molar-refractivity contribution < 1.29 is 4.79 Å². The van der Waals surface area contributed by atoms with E-state index in [1.807, 2.05) is 30.3 Å². The molecule has 0 unspecified atom stereocenters. The molecule has 0 atom stereocenters. The average molecular weight is 375 g/mol. The minimum Gasteiger partial charge on any atom is -0.354 e. The number of para-hydroxylation sites is 1. The van der Waals surface area contributed by atoms with Crippen molar-refractivity contribution in [3.05, 3.63) is 59.5 Å². The molecular weight excluding hydrogens is 354 g/mol. The molecule has 1 aliphatic heterocycles. The summed E-state index contributed by atoms with van der Waals surface area (Å²) in [5.74, 6) is 1.16. The van der Waals surface area contributed by atoms with Crippen LogP contribution >= 0.6 is 0 Å². The molecule has 1 aromatic carbocycles. The number of anilines is 1. The van der Waals surface area contributed by atoms with Crippen LogP contribution in [0, 0.1) is 5.92 Å². The van der Waals surface area contributed by atoms with E-state index in [9.17, 15) is 4.79 Å². The van der Waals surface area contributed by atoms with Crippen LogP contribution in [0.5, 0.6) is 0 Å². The molecule has 1 N–H and O–H groups in total. The Morgan fingerprint density at radius 3 is 2.86 bits per heavy atom. The molecule has 8 nitrogen and oxygen atoms in total. The zero-order chi connectivity index (χ0) is 18.9. The SMILES string of the molecule is O=C(NCC1CN(c2cc3c(nn2)CCC3)C1)c1cnn(-c2ccccc2)n1. The number of rotatable bonds is 5. The van der Waals surface area contributed by atoms with Crippen molar-refractivity contribution in [2.24, 2.45) is 5.92 Å². The predicted octanol–water partition coefficient (Wildman–Crippen LogP) is 1.41. The number of fused-ring (bicyclic) bond motifs is 1. The van der Waals surface area contributed by atoms with Gasteiger partial charge in [-0.25, -0.2) is 0 Å². The van der Waals surface area contributed by atoms with Crippen LogP contribution in [0.1, 0.15) is 28.2 Å². The number of aromatic nitrogens is 5. The van der Waals surface area contributed by atoms with Crippen molar-refractivity contribution >= 4 is 11.7 Å². The first-order valence-corrected chi connectivity index (χ1v) is 9.62. The fourth-order valence-electron chi connectivity index (χ4n) is 3.74. The first-order valence-electron chi connectivity index (χ1n) is 9.62. The number of carbonyl (C=O) groups excluding carboxylic acids is 1. The van der Waals surface area contributed by atoms with Gasteiger partial charge in [0.25, 0.3) is 5.91 Å². The van der Waals surface area contributed by atoms with E-state index in [1.165, 1.54) is 23.0 Å². The van der Waals surface area contributed by atoms with Gasteiger partial charge in [-0.3, -0.25) is 4.79 Å². The van der Waals surface area contributed by atoms with Gasteiger partial charge in [-0.2, -0.15) is 15.0 Å². The van der Waals surface area contributed by atoms with Gasteiger partial charge < -0.3 is 10.2 Å². The first kappa shape index (κ1) is 16.9. The van der Waals surface area contributed by atoms with Crippen LogP contribution in [-0.2, 0) is 12.8 Å². The summed E-state index contributed by atoms with van der Waals surface area (Å²) < 4.78 is 0. The lowest BCUT2D eigenvalue weighted by atomic mass is 10.00. The number of nitrogens with one attached hydrogen (secondary N) is 1. The fraction of sp³-hybridized carbons (Fsp3) is 0.350. The summed E-state index contributed by atoms with van der Waals surface area (Å²) in [7, 11) is 0. The molecule has 0 saturated carbocycles. The van der Waals surface area contributed by atoms with E-state index >= 15 is 0 Å². The van der Waals surface area contributed by atoms with Gasteiger partial charge in [-0.15, -0.1) is 10.2 Å². The van der Waals surface area contributed by atoms with Gasteiger partial charge in [0, 0.05) is 25.6 Å². The first-order chi connectivity index (χ1) is 13.8. The Morgan fingerprint density at radius 2 is 2.00 bits per heavy atom. The van der Waals surface area contributed by atoms with Gasteiger partial charge in [-0.05, 0) is 43.0 Å². The van der Waals surface area contributed by atoms with Crippen LogP contribution in [0.25, 0.3) is 5.69 Å². The Labute approximate surface area is 162 Å². The summed E-state index contributed by atoms with van der Waals surface area (Å²) in [5, 5.41) is 20.1. The lowest BCUT2D eigenvalue weighted by Gasteiger charge is -2.40. The number of nitrogens with zero attached hydrogens (tertiary/aromatic N) is 6. The zero-order valence-electron chi connectivity index (χ0n) is 15.5. The van der Waals surface area contributed by atoms with E-state index in [0.29, 0.717) is 18.2 Å². The molecule has 5 rings (SSSR count). The number of hydrogen-bond acceptors (Lipinski definition) is 6. The normalized spacial score (nSPS) is 15.9. The summed E-state index contributed by atoms with van der Waals surface area (Å²) in [4.78, 5) is 16.0. The van der Waals surface area contributed by atoms with Crippen LogP contribution in [0.3, 0.4) is 0 Å². The van der Waals surface area contributed by atoms with Crippen molar-refractivity contribution in [3.8, 4) is 5.69 Å². The van der Waals surface area contributed by atoms with E-state index in [1.54, 1.807) is 0 Å². The third kappa shape index (κ3) is 3.21. The van der Waals surface area contributed by atoms with Crippen LogP contribution in [0.15, 0.2) is 42.6 Å². The Bertz CT molecular complexity index is 995. The molecule has 2 aliphatic rings. The second-order valence-electron chi connectivity index (χ2n) is 7.36. The second-order valence-corrected chi connectivity index (χ2v) is 7.36. The molecule has 8 heteroatoms. The predicted molar refractivity (Wildman–Crippen MR) is 103 cm³/mol. The Morgan fingerprint density at radius 1 is 1.14 bits per heavy atom. The highest BCUT2D eigenvalue weighted by Gasteiger charge is 2.29. The summed E-state index contributed by atoms with van der Waals surface area (Å²) in [5.41, 5.74) is 3.64. The Balaban J connectivity index is 1.13. The van der Waals surface area contributed by atoms with Crippen LogP contribution in [0.2, 0.25) is 0 Å². The van der Waals surface area contributed by atoms with Gasteiger partial charge in [0.2, 0.25) is 0 Å². The highest BCUT2D eigenvalue weighted by Crippen LogP contribution is 2.26. The molecule has 3 aromatic rings. The molecular formula is C20H21N7O.